The maximum atomic E-state index is 2.40. The van der Waals surface area contributed by atoms with Gasteiger partial charge in [-0.25, -0.2) is 0 Å². The van der Waals surface area contributed by atoms with Crippen LogP contribution >= 0.6 is 11.8 Å². The molecule has 1 unspecified atom stereocenters. The van der Waals surface area contributed by atoms with Crippen LogP contribution in [0.1, 0.15) is 22.3 Å². The molecule has 2 aliphatic carbocycles. The summed E-state index contributed by atoms with van der Waals surface area (Å²) in [5, 5.41) is 5.33. The van der Waals surface area contributed by atoms with Crippen LogP contribution in [0.3, 0.4) is 0 Å². The molecule has 1 spiro atoms. The van der Waals surface area contributed by atoms with E-state index in [1.807, 2.05) is 11.8 Å². The minimum atomic E-state index is -0.457. The second-order valence-electron chi connectivity index (χ2n) is 12.7. The monoisotopic (exact) mass is 598 g/mol. The van der Waals surface area contributed by atoms with Crippen molar-refractivity contribution in [2.45, 2.75) is 15.2 Å². The normalized spacial score (nSPS) is 16.3. The van der Waals surface area contributed by atoms with Crippen LogP contribution in [0.4, 0.5) is 0 Å². The number of benzene rings is 8. The van der Waals surface area contributed by atoms with Crippen LogP contribution in [-0.4, -0.2) is 0 Å². The Balaban J connectivity index is 1.33. The second kappa shape index (κ2) is 8.88. The van der Waals surface area contributed by atoms with Gasteiger partial charge in [-0.15, -0.1) is 0 Å². The van der Waals surface area contributed by atoms with E-state index in [0.717, 1.165) is 0 Å². The molecule has 1 heteroatoms. The Morgan fingerprint density at radius 1 is 0.326 bits per heavy atom. The molecule has 8 aromatic carbocycles. The summed E-state index contributed by atoms with van der Waals surface area (Å²) in [7, 11) is 0. The summed E-state index contributed by atoms with van der Waals surface area (Å²) in [6, 6.07) is 59.5. The minimum Gasteiger partial charge on any atom is -0.0888 e. The molecule has 0 saturated heterocycles. The van der Waals surface area contributed by atoms with E-state index in [2.05, 4.69) is 158 Å². The van der Waals surface area contributed by atoms with Gasteiger partial charge in [-0.2, -0.15) is 0 Å². The van der Waals surface area contributed by atoms with Crippen molar-refractivity contribution >= 4 is 33.3 Å². The molecule has 0 saturated carbocycles. The number of hydrogen-bond donors (Lipinski definition) is 0. The van der Waals surface area contributed by atoms with E-state index in [0.29, 0.717) is 0 Å². The minimum absolute atomic E-state index is 0.457. The van der Waals surface area contributed by atoms with Crippen molar-refractivity contribution < 1.29 is 0 Å². The van der Waals surface area contributed by atoms with Gasteiger partial charge in [0.1, 0.15) is 0 Å². The van der Waals surface area contributed by atoms with Gasteiger partial charge in [0, 0.05) is 20.7 Å². The summed E-state index contributed by atoms with van der Waals surface area (Å²) in [6.07, 6.45) is 0. The first kappa shape index (κ1) is 24.9. The summed E-state index contributed by atoms with van der Waals surface area (Å²) >= 11 is 1.91. The standard InChI is InChI=1S/C45H26S/c1-3-22-36-29(15-1)31-17-5-11-27-13-7-24-38(41(27)31)45(36)37-23-4-2-16-30(37)33-19-9-20-34(44(33)45)32-18-10-26-40-43(32)35-21-6-12-28-14-8-25-39(46-40)42(28)35/h1-26H. The Bertz CT molecular complexity index is 2610. The first-order valence-corrected chi connectivity index (χ1v) is 16.8. The third-order valence-corrected chi connectivity index (χ3v) is 11.8. The molecule has 0 radical (unpaired) electrons. The molecule has 1 heterocycles. The Hall–Kier alpha value is -5.37. The zero-order valence-electron chi connectivity index (χ0n) is 24.9. The summed E-state index contributed by atoms with van der Waals surface area (Å²) < 4.78 is 0. The van der Waals surface area contributed by atoms with E-state index in [1.54, 1.807) is 0 Å². The van der Waals surface area contributed by atoms with Gasteiger partial charge in [0.15, 0.2) is 0 Å². The quantitative estimate of drug-likeness (QED) is 0.181. The van der Waals surface area contributed by atoms with Gasteiger partial charge in [-0.05, 0) is 89.5 Å². The van der Waals surface area contributed by atoms with Gasteiger partial charge >= 0.3 is 0 Å². The van der Waals surface area contributed by atoms with Gasteiger partial charge in [0.25, 0.3) is 0 Å². The van der Waals surface area contributed by atoms with Gasteiger partial charge < -0.3 is 0 Å². The Labute approximate surface area is 272 Å². The van der Waals surface area contributed by atoms with E-state index in [4.69, 9.17) is 0 Å². The molecule has 0 aromatic heterocycles. The third kappa shape index (κ3) is 2.93. The van der Waals surface area contributed by atoms with E-state index >= 15 is 0 Å². The van der Waals surface area contributed by atoms with Crippen LogP contribution in [0.25, 0.3) is 66.1 Å². The molecule has 0 amide bonds. The summed E-state index contributed by atoms with van der Waals surface area (Å²) in [5.74, 6) is 0. The Kier molecular flexibility index (Phi) is 4.80. The lowest BCUT2D eigenvalue weighted by Crippen LogP contribution is -2.32. The van der Waals surface area contributed by atoms with Crippen LogP contribution in [0, 0.1) is 0 Å². The summed E-state index contributed by atoms with van der Waals surface area (Å²) in [6.45, 7) is 0. The van der Waals surface area contributed by atoms with Crippen LogP contribution in [-0.2, 0) is 5.41 Å². The van der Waals surface area contributed by atoms with Crippen LogP contribution < -0.4 is 0 Å². The number of hydrogen-bond acceptors (Lipinski definition) is 1. The Morgan fingerprint density at radius 2 is 0.804 bits per heavy atom. The smallest absolute Gasteiger partial charge is 0.0731 e. The number of rotatable bonds is 1. The van der Waals surface area contributed by atoms with Crippen molar-refractivity contribution in [1.29, 1.82) is 0 Å². The molecule has 0 fully saturated rings. The molecule has 1 atom stereocenters. The molecule has 212 valence electrons. The predicted molar refractivity (Wildman–Crippen MR) is 193 cm³/mol. The fourth-order valence-corrected chi connectivity index (χ4v) is 10.2. The van der Waals surface area contributed by atoms with E-state index in [-0.39, 0.29) is 0 Å². The molecule has 0 N–H and O–H groups in total. The lowest BCUT2D eigenvalue weighted by Gasteiger charge is -2.41. The third-order valence-electron chi connectivity index (χ3n) is 10.7. The zero-order chi connectivity index (χ0) is 30.0. The molecule has 3 aliphatic rings. The van der Waals surface area contributed by atoms with Gasteiger partial charge in [0.2, 0.25) is 0 Å². The van der Waals surface area contributed by atoms with Crippen LogP contribution in [0.5, 0.6) is 0 Å². The van der Waals surface area contributed by atoms with Gasteiger partial charge in [-0.1, -0.05) is 157 Å². The molecular weight excluding hydrogens is 573 g/mol. The van der Waals surface area contributed by atoms with Crippen LogP contribution in [0.15, 0.2) is 168 Å². The Morgan fingerprint density at radius 3 is 1.59 bits per heavy atom. The van der Waals surface area contributed by atoms with Crippen molar-refractivity contribution in [2.75, 3.05) is 0 Å². The average Bonchev–Trinajstić information content (AvgIpc) is 3.42. The highest BCUT2D eigenvalue weighted by atomic mass is 32.2. The highest BCUT2D eigenvalue weighted by Crippen LogP contribution is 2.64. The first-order valence-electron chi connectivity index (χ1n) is 16.0. The van der Waals surface area contributed by atoms with Gasteiger partial charge in [-0.3, -0.25) is 0 Å². The summed E-state index contributed by atoms with van der Waals surface area (Å²) in [4.78, 5) is 2.66. The highest BCUT2D eigenvalue weighted by molar-refractivity contribution is 7.99. The molecule has 0 bridgehead atoms. The van der Waals surface area contributed by atoms with Crippen molar-refractivity contribution in [3.05, 3.63) is 180 Å². The maximum Gasteiger partial charge on any atom is 0.0731 e. The fraction of sp³-hybridized carbons (Fsp3) is 0.0222. The molecule has 11 rings (SSSR count). The molecule has 0 nitrogen and oxygen atoms in total. The van der Waals surface area contributed by atoms with Crippen LogP contribution in [0.2, 0.25) is 0 Å². The topological polar surface area (TPSA) is 0 Å². The van der Waals surface area contributed by atoms with Gasteiger partial charge in [0.05, 0.1) is 5.41 Å². The lowest BCUT2D eigenvalue weighted by atomic mass is 9.60. The largest absolute Gasteiger partial charge is 0.0888 e. The zero-order valence-corrected chi connectivity index (χ0v) is 25.7. The highest BCUT2D eigenvalue weighted by Gasteiger charge is 2.51. The molecule has 8 aromatic rings. The average molecular weight is 599 g/mol. The second-order valence-corrected chi connectivity index (χ2v) is 13.8. The SMILES string of the molecule is c1ccc2c(c1)-c1cccc(-c3cccc4c3-c3cccc5cccc(c35)S4)c1C21c2ccccc2-c2cccc3cccc1c23. The molecular formula is C45H26S. The van der Waals surface area contributed by atoms with Crippen molar-refractivity contribution in [1.82, 2.24) is 0 Å². The van der Waals surface area contributed by atoms with E-state index < -0.39 is 5.41 Å². The molecule has 46 heavy (non-hydrogen) atoms. The van der Waals surface area contributed by atoms with Crippen molar-refractivity contribution in [3.63, 3.8) is 0 Å². The van der Waals surface area contributed by atoms with E-state index in [1.165, 1.54) is 98.1 Å². The lowest BCUT2D eigenvalue weighted by molar-refractivity contribution is 0.775. The predicted octanol–water partition coefficient (Wildman–Crippen LogP) is 12.1. The van der Waals surface area contributed by atoms with E-state index in [9.17, 15) is 0 Å². The van der Waals surface area contributed by atoms with Crippen molar-refractivity contribution in [2.24, 2.45) is 0 Å². The first-order chi connectivity index (χ1) is 22.8. The van der Waals surface area contributed by atoms with Crippen molar-refractivity contribution in [3.8, 4) is 44.5 Å². The number of fused-ring (bicyclic) bond motifs is 11. The summed E-state index contributed by atoms with van der Waals surface area (Å²) in [5.41, 5.74) is 15.7. The molecule has 1 aliphatic heterocycles. The maximum absolute atomic E-state index is 2.40. The fourth-order valence-electron chi connectivity index (χ4n) is 9.05.